The maximum absolute atomic E-state index is 12.6. The van der Waals surface area contributed by atoms with Crippen LogP contribution in [0.25, 0.3) is 0 Å². The third-order valence-corrected chi connectivity index (χ3v) is 4.76. The molecule has 2 fully saturated rings. The van der Waals surface area contributed by atoms with E-state index in [0.29, 0.717) is 19.5 Å². The molecule has 7 heteroatoms. The van der Waals surface area contributed by atoms with E-state index in [0.717, 1.165) is 26.1 Å². The molecule has 0 unspecified atom stereocenters. The molecule has 25 heavy (non-hydrogen) atoms. The van der Waals surface area contributed by atoms with Crippen LogP contribution in [0.2, 0.25) is 0 Å². The van der Waals surface area contributed by atoms with Gasteiger partial charge in [0.25, 0.3) is 0 Å². The Morgan fingerprint density at radius 1 is 1.08 bits per heavy atom. The highest BCUT2D eigenvalue weighted by atomic mass is 16.2. The van der Waals surface area contributed by atoms with Crippen molar-refractivity contribution in [1.29, 1.82) is 0 Å². The second kappa shape index (κ2) is 8.11. The number of benzene rings is 1. The van der Waals surface area contributed by atoms with Gasteiger partial charge in [-0.1, -0.05) is 30.3 Å². The lowest BCUT2D eigenvalue weighted by Crippen LogP contribution is -2.55. The Morgan fingerprint density at radius 2 is 1.80 bits per heavy atom. The zero-order chi connectivity index (χ0) is 17.6. The molecule has 0 aliphatic carbocycles. The first-order valence-corrected chi connectivity index (χ1v) is 8.77. The minimum atomic E-state index is -0.609. The number of carbonyl (C=O) groups excluding carboxylic acids is 3. The summed E-state index contributed by atoms with van der Waals surface area (Å²) in [5, 5.41) is 4.79. The quantitative estimate of drug-likeness (QED) is 0.826. The molecule has 4 amide bonds. The summed E-state index contributed by atoms with van der Waals surface area (Å²) in [4.78, 5) is 39.7. The number of hydrogen-bond acceptors (Lipinski definition) is 4. The van der Waals surface area contributed by atoms with Crippen LogP contribution < -0.4 is 10.6 Å². The standard InChI is InChI=1S/C18H24N4O3/c23-16-7-6-15(19-18(25)20-16)17(24)22-12-10-21(11-13-22)9-8-14-4-2-1-3-5-14/h1-5,15H,6-13H2,(H2,19,20,23,25)/t15-/m1/s1. The molecule has 0 spiro atoms. The fourth-order valence-corrected chi connectivity index (χ4v) is 3.26. The number of rotatable bonds is 4. The summed E-state index contributed by atoms with van der Waals surface area (Å²) in [5.41, 5.74) is 1.32. The van der Waals surface area contributed by atoms with E-state index in [4.69, 9.17) is 0 Å². The maximum Gasteiger partial charge on any atom is 0.322 e. The van der Waals surface area contributed by atoms with Crippen molar-refractivity contribution in [3.63, 3.8) is 0 Å². The van der Waals surface area contributed by atoms with Crippen LogP contribution >= 0.6 is 0 Å². The Hall–Kier alpha value is -2.41. The Morgan fingerprint density at radius 3 is 2.52 bits per heavy atom. The zero-order valence-electron chi connectivity index (χ0n) is 14.2. The number of nitrogens with one attached hydrogen (secondary N) is 2. The minimum Gasteiger partial charge on any atom is -0.338 e. The lowest BCUT2D eigenvalue weighted by atomic mass is 10.1. The zero-order valence-corrected chi connectivity index (χ0v) is 14.2. The molecular weight excluding hydrogens is 320 g/mol. The number of piperazine rings is 1. The van der Waals surface area contributed by atoms with E-state index in [2.05, 4.69) is 27.7 Å². The predicted octanol–water partition coefficient (Wildman–Crippen LogP) is 0.362. The van der Waals surface area contributed by atoms with Crippen LogP contribution in [0.15, 0.2) is 30.3 Å². The topological polar surface area (TPSA) is 81.8 Å². The minimum absolute atomic E-state index is 0.0902. The molecular formula is C18H24N4O3. The summed E-state index contributed by atoms with van der Waals surface area (Å²) < 4.78 is 0. The van der Waals surface area contributed by atoms with Gasteiger partial charge in [-0.05, 0) is 18.4 Å². The lowest BCUT2D eigenvalue weighted by Gasteiger charge is -2.36. The van der Waals surface area contributed by atoms with E-state index in [9.17, 15) is 14.4 Å². The molecule has 134 valence electrons. The third-order valence-electron chi connectivity index (χ3n) is 4.76. The van der Waals surface area contributed by atoms with Crippen LogP contribution in [0.5, 0.6) is 0 Å². The highest BCUT2D eigenvalue weighted by molar-refractivity contribution is 5.98. The second-order valence-corrected chi connectivity index (χ2v) is 6.52. The lowest BCUT2D eigenvalue weighted by molar-refractivity contribution is -0.135. The maximum atomic E-state index is 12.6. The Balaban J connectivity index is 1.46. The summed E-state index contributed by atoms with van der Waals surface area (Å²) in [6, 6.07) is 9.18. The van der Waals surface area contributed by atoms with Gasteiger partial charge in [-0.25, -0.2) is 4.79 Å². The largest absolute Gasteiger partial charge is 0.338 e. The number of nitrogens with zero attached hydrogens (tertiary/aromatic N) is 2. The summed E-state index contributed by atoms with van der Waals surface area (Å²) in [5.74, 6) is -0.425. The first kappa shape index (κ1) is 17.4. The monoisotopic (exact) mass is 344 g/mol. The van der Waals surface area contributed by atoms with Gasteiger partial charge in [-0.15, -0.1) is 0 Å². The van der Waals surface area contributed by atoms with Gasteiger partial charge in [-0.3, -0.25) is 19.8 Å². The van der Waals surface area contributed by atoms with Gasteiger partial charge in [0, 0.05) is 39.1 Å². The Kier molecular flexibility index (Phi) is 5.65. The first-order valence-electron chi connectivity index (χ1n) is 8.77. The molecule has 7 nitrogen and oxygen atoms in total. The van der Waals surface area contributed by atoms with Crippen molar-refractivity contribution in [3.8, 4) is 0 Å². The molecule has 0 saturated carbocycles. The summed E-state index contributed by atoms with van der Waals surface area (Å²) in [6.45, 7) is 3.94. The average molecular weight is 344 g/mol. The number of hydrogen-bond donors (Lipinski definition) is 2. The van der Waals surface area contributed by atoms with E-state index in [1.54, 1.807) is 4.90 Å². The van der Waals surface area contributed by atoms with E-state index in [1.807, 2.05) is 18.2 Å². The van der Waals surface area contributed by atoms with Gasteiger partial charge in [0.2, 0.25) is 11.8 Å². The van der Waals surface area contributed by atoms with Crippen molar-refractivity contribution < 1.29 is 14.4 Å². The van der Waals surface area contributed by atoms with Crippen molar-refractivity contribution >= 4 is 17.8 Å². The molecule has 0 bridgehead atoms. The highest BCUT2D eigenvalue weighted by Crippen LogP contribution is 2.10. The van der Waals surface area contributed by atoms with Crippen LogP contribution in [-0.4, -0.2) is 66.4 Å². The molecule has 2 heterocycles. The summed E-state index contributed by atoms with van der Waals surface area (Å²) in [7, 11) is 0. The van der Waals surface area contributed by atoms with E-state index < -0.39 is 12.1 Å². The first-order chi connectivity index (χ1) is 12.1. The normalized spacial score (nSPS) is 22.1. The van der Waals surface area contributed by atoms with Crippen molar-refractivity contribution in [2.24, 2.45) is 0 Å². The second-order valence-electron chi connectivity index (χ2n) is 6.52. The molecule has 2 aliphatic rings. The SMILES string of the molecule is O=C1CC[C@H](C(=O)N2CCN(CCc3ccccc3)CC2)NC(=O)N1. The summed E-state index contributed by atoms with van der Waals surface area (Å²) >= 11 is 0. The molecule has 1 aromatic rings. The van der Waals surface area contributed by atoms with Gasteiger partial charge < -0.3 is 10.2 Å². The van der Waals surface area contributed by atoms with Gasteiger partial charge >= 0.3 is 6.03 Å². The van der Waals surface area contributed by atoms with Crippen LogP contribution in [0.4, 0.5) is 4.79 Å². The number of imide groups is 1. The van der Waals surface area contributed by atoms with Gasteiger partial charge in [0.1, 0.15) is 6.04 Å². The van der Waals surface area contributed by atoms with Crippen LogP contribution in [0, 0.1) is 0 Å². The molecule has 2 aliphatic heterocycles. The van der Waals surface area contributed by atoms with Crippen molar-refractivity contribution in [2.45, 2.75) is 25.3 Å². The predicted molar refractivity (Wildman–Crippen MR) is 92.9 cm³/mol. The van der Waals surface area contributed by atoms with Crippen molar-refractivity contribution in [2.75, 3.05) is 32.7 Å². The van der Waals surface area contributed by atoms with Gasteiger partial charge in [-0.2, -0.15) is 0 Å². The number of carbonyl (C=O) groups is 3. The van der Waals surface area contributed by atoms with E-state index >= 15 is 0 Å². The Labute approximate surface area is 147 Å². The number of amides is 4. The van der Waals surface area contributed by atoms with Gasteiger partial charge in [0.15, 0.2) is 0 Å². The van der Waals surface area contributed by atoms with E-state index in [1.165, 1.54) is 5.56 Å². The van der Waals surface area contributed by atoms with Crippen LogP contribution in [0.3, 0.4) is 0 Å². The van der Waals surface area contributed by atoms with Crippen molar-refractivity contribution in [3.05, 3.63) is 35.9 Å². The van der Waals surface area contributed by atoms with E-state index in [-0.39, 0.29) is 18.2 Å². The highest BCUT2D eigenvalue weighted by Gasteiger charge is 2.31. The fourth-order valence-electron chi connectivity index (χ4n) is 3.26. The molecule has 1 atom stereocenters. The van der Waals surface area contributed by atoms with Gasteiger partial charge in [0.05, 0.1) is 0 Å². The molecule has 0 aromatic heterocycles. The third kappa shape index (κ3) is 4.79. The van der Waals surface area contributed by atoms with Crippen LogP contribution in [-0.2, 0) is 16.0 Å². The summed E-state index contributed by atoms with van der Waals surface area (Å²) in [6.07, 6.45) is 1.54. The van der Waals surface area contributed by atoms with Crippen molar-refractivity contribution in [1.82, 2.24) is 20.4 Å². The van der Waals surface area contributed by atoms with Crippen LogP contribution in [0.1, 0.15) is 18.4 Å². The molecule has 3 rings (SSSR count). The molecule has 0 radical (unpaired) electrons. The fraction of sp³-hybridized carbons (Fsp3) is 0.500. The molecule has 1 aromatic carbocycles. The molecule has 2 saturated heterocycles. The average Bonchev–Trinajstić information content (AvgIpc) is 2.81. The smallest absolute Gasteiger partial charge is 0.322 e. The Bertz CT molecular complexity index is 626. The number of urea groups is 1. The molecule has 2 N–H and O–H groups in total.